The summed E-state index contributed by atoms with van der Waals surface area (Å²) in [6, 6.07) is 12.5. The molecule has 0 radical (unpaired) electrons. The highest BCUT2D eigenvalue weighted by Crippen LogP contribution is 2.53. The van der Waals surface area contributed by atoms with Crippen molar-refractivity contribution in [3.05, 3.63) is 47.5 Å². The van der Waals surface area contributed by atoms with Crippen LogP contribution in [0, 0.1) is 5.92 Å². The molecule has 3 atom stereocenters. The van der Waals surface area contributed by atoms with Gasteiger partial charge in [0, 0.05) is 36.6 Å². The lowest BCUT2D eigenvalue weighted by Crippen LogP contribution is -2.57. The van der Waals surface area contributed by atoms with Gasteiger partial charge in [0.15, 0.2) is 17.2 Å². The van der Waals surface area contributed by atoms with E-state index in [1.165, 1.54) is 24.0 Å². The summed E-state index contributed by atoms with van der Waals surface area (Å²) in [5.41, 5.74) is 2.07. The van der Waals surface area contributed by atoms with Crippen molar-refractivity contribution in [1.29, 1.82) is 0 Å². The molecule has 1 fully saturated rings. The number of ether oxygens (including phenoxy) is 4. The topological polar surface area (TPSA) is 40.2 Å². The second-order valence-electron chi connectivity index (χ2n) is 8.13. The van der Waals surface area contributed by atoms with Crippen molar-refractivity contribution in [2.45, 2.75) is 38.3 Å². The van der Waals surface area contributed by atoms with Crippen LogP contribution in [0.15, 0.2) is 36.4 Å². The molecule has 28 heavy (non-hydrogen) atoms. The number of hydrogen-bond donors (Lipinski definition) is 0. The van der Waals surface area contributed by atoms with Gasteiger partial charge in [-0.2, -0.15) is 0 Å². The highest BCUT2D eigenvalue weighted by Gasteiger charge is 2.49. The van der Waals surface area contributed by atoms with E-state index in [0.29, 0.717) is 0 Å². The second-order valence-corrected chi connectivity index (χ2v) is 8.13. The maximum Gasteiger partial charge on any atom is 0.231 e. The van der Waals surface area contributed by atoms with E-state index < -0.39 is 0 Å². The molecule has 0 saturated carbocycles. The Labute approximate surface area is 166 Å². The summed E-state index contributed by atoms with van der Waals surface area (Å²) in [7, 11) is 1.70. The maximum atomic E-state index is 6.70. The monoisotopic (exact) mass is 381 g/mol. The van der Waals surface area contributed by atoms with Crippen molar-refractivity contribution in [2.75, 3.05) is 27.0 Å². The zero-order valence-electron chi connectivity index (χ0n) is 16.7. The summed E-state index contributed by atoms with van der Waals surface area (Å²) in [6.07, 6.45) is 2.46. The summed E-state index contributed by atoms with van der Waals surface area (Å²) in [5.74, 6) is 3.82. The summed E-state index contributed by atoms with van der Waals surface area (Å²) < 4.78 is 23.4. The van der Waals surface area contributed by atoms with E-state index in [1.54, 1.807) is 7.11 Å². The lowest BCUT2D eigenvalue weighted by molar-refractivity contribution is -0.114. The van der Waals surface area contributed by atoms with Crippen molar-refractivity contribution >= 4 is 0 Å². The number of fused-ring (bicyclic) bond motifs is 2. The van der Waals surface area contributed by atoms with E-state index in [0.717, 1.165) is 36.1 Å². The number of hydrogen-bond acceptors (Lipinski definition) is 5. The predicted molar refractivity (Wildman–Crippen MR) is 106 cm³/mol. The lowest BCUT2D eigenvalue weighted by atomic mass is 9.74. The van der Waals surface area contributed by atoms with Crippen molar-refractivity contribution < 1.29 is 18.9 Å². The first-order valence-corrected chi connectivity index (χ1v) is 10.1. The van der Waals surface area contributed by atoms with Gasteiger partial charge in [-0.15, -0.1) is 0 Å². The molecular weight excluding hydrogens is 354 g/mol. The Balaban J connectivity index is 1.64. The third kappa shape index (κ3) is 2.64. The fourth-order valence-electron chi connectivity index (χ4n) is 4.96. The molecule has 0 amide bonds. The van der Waals surface area contributed by atoms with Crippen LogP contribution in [-0.4, -0.2) is 37.6 Å². The molecule has 1 saturated heterocycles. The van der Waals surface area contributed by atoms with E-state index in [-0.39, 0.29) is 24.4 Å². The number of nitrogens with zero attached hydrogens (tertiary/aromatic N) is 1. The average Bonchev–Trinajstić information content (AvgIpc) is 3.40. The predicted octanol–water partition coefficient (Wildman–Crippen LogP) is 4.40. The smallest absolute Gasteiger partial charge is 0.231 e. The molecule has 2 aromatic rings. The SMILES string of the molecule is COc1ccc([C@H]2c3cc4c(cc3O[C@@](C)(N3CCCC3)[C@H]2C)OCO4)cc1. The van der Waals surface area contributed by atoms with Crippen LogP contribution in [-0.2, 0) is 0 Å². The van der Waals surface area contributed by atoms with Crippen LogP contribution in [0.5, 0.6) is 23.0 Å². The molecule has 5 nitrogen and oxygen atoms in total. The van der Waals surface area contributed by atoms with E-state index >= 15 is 0 Å². The molecule has 0 N–H and O–H groups in total. The Morgan fingerprint density at radius 2 is 1.68 bits per heavy atom. The van der Waals surface area contributed by atoms with E-state index in [4.69, 9.17) is 18.9 Å². The Kier molecular flexibility index (Phi) is 4.16. The van der Waals surface area contributed by atoms with Crippen molar-refractivity contribution in [3.63, 3.8) is 0 Å². The molecule has 5 rings (SSSR count). The van der Waals surface area contributed by atoms with Crippen molar-refractivity contribution in [3.8, 4) is 23.0 Å². The van der Waals surface area contributed by atoms with Gasteiger partial charge in [0.2, 0.25) is 6.79 Å². The zero-order chi connectivity index (χ0) is 19.3. The Morgan fingerprint density at radius 3 is 2.36 bits per heavy atom. The molecule has 3 aliphatic rings. The molecule has 0 spiro atoms. The average molecular weight is 381 g/mol. The first-order chi connectivity index (χ1) is 13.6. The second kappa shape index (κ2) is 6.59. The van der Waals surface area contributed by atoms with Crippen LogP contribution in [0.4, 0.5) is 0 Å². The van der Waals surface area contributed by atoms with Gasteiger partial charge in [-0.05, 0) is 43.5 Å². The molecule has 148 valence electrons. The third-order valence-electron chi connectivity index (χ3n) is 6.71. The Bertz CT molecular complexity index is 875. The first kappa shape index (κ1) is 17.7. The molecule has 0 aromatic heterocycles. The molecule has 3 heterocycles. The van der Waals surface area contributed by atoms with Crippen LogP contribution < -0.4 is 18.9 Å². The van der Waals surface area contributed by atoms with Crippen LogP contribution in [0.25, 0.3) is 0 Å². The minimum absolute atomic E-state index is 0.203. The van der Waals surface area contributed by atoms with Gasteiger partial charge in [0.05, 0.1) is 7.11 Å². The standard InChI is InChI=1S/C23H27NO4/c1-15-22(16-6-8-17(25-3)9-7-16)18-12-20-21(27-14-26-20)13-19(18)28-23(15,2)24-10-4-5-11-24/h6-9,12-13,15,22H,4-5,10-11,14H2,1-3H3/t15-,22-,23+/m0/s1. The summed E-state index contributed by atoms with van der Waals surface area (Å²) in [6.45, 7) is 6.98. The van der Waals surface area contributed by atoms with E-state index in [1.807, 2.05) is 18.2 Å². The minimum atomic E-state index is -0.359. The summed E-state index contributed by atoms with van der Waals surface area (Å²) in [4.78, 5) is 2.50. The van der Waals surface area contributed by atoms with Gasteiger partial charge in [0.25, 0.3) is 0 Å². The van der Waals surface area contributed by atoms with Gasteiger partial charge in [-0.3, -0.25) is 4.90 Å². The van der Waals surface area contributed by atoms with Gasteiger partial charge >= 0.3 is 0 Å². The van der Waals surface area contributed by atoms with Gasteiger partial charge in [-0.1, -0.05) is 19.1 Å². The molecule has 2 aromatic carbocycles. The van der Waals surface area contributed by atoms with Crippen LogP contribution in [0.2, 0.25) is 0 Å². The molecule has 0 aliphatic carbocycles. The van der Waals surface area contributed by atoms with Crippen molar-refractivity contribution in [2.24, 2.45) is 5.92 Å². The fraction of sp³-hybridized carbons (Fsp3) is 0.478. The quantitative estimate of drug-likeness (QED) is 0.788. The van der Waals surface area contributed by atoms with Crippen LogP contribution in [0.1, 0.15) is 43.7 Å². The first-order valence-electron chi connectivity index (χ1n) is 10.1. The van der Waals surface area contributed by atoms with Gasteiger partial charge in [-0.25, -0.2) is 0 Å². The number of benzene rings is 2. The molecule has 0 unspecified atom stereocenters. The Hall–Kier alpha value is -2.40. The highest BCUT2D eigenvalue weighted by atomic mass is 16.7. The number of likely N-dealkylation sites (tertiary alicyclic amines) is 1. The van der Waals surface area contributed by atoms with Gasteiger partial charge in [0.1, 0.15) is 11.5 Å². The molecule has 5 heteroatoms. The fourth-order valence-corrected chi connectivity index (χ4v) is 4.96. The summed E-state index contributed by atoms with van der Waals surface area (Å²) in [5, 5.41) is 0. The third-order valence-corrected chi connectivity index (χ3v) is 6.71. The lowest BCUT2D eigenvalue weighted by Gasteiger charge is -2.50. The zero-order valence-corrected chi connectivity index (χ0v) is 16.7. The molecular formula is C23H27NO4. The van der Waals surface area contributed by atoms with Gasteiger partial charge < -0.3 is 18.9 Å². The number of methoxy groups -OCH3 is 1. The van der Waals surface area contributed by atoms with E-state index in [2.05, 4.69) is 36.9 Å². The minimum Gasteiger partial charge on any atom is -0.497 e. The highest BCUT2D eigenvalue weighted by molar-refractivity contribution is 5.56. The largest absolute Gasteiger partial charge is 0.497 e. The van der Waals surface area contributed by atoms with Crippen molar-refractivity contribution in [1.82, 2.24) is 4.90 Å². The van der Waals surface area contributed by atoms with Crippen LogP contribution >= 0.6 is 0 Å². The normalized spacial score (nSPS) is 28.7. The molecule has 3 aliphatic heterocycles. The van der Waals surface area contributed by atoms with E-state index in [9.17, 15) is 0 Å². The number of rotatable bonds is 3. The summed E-state index contributed by atoms with van der Waals surface area (Å²) >= 11 is 0. The van der Waals surface area contributed by atoms with Crippen LogP contribution in [0.3, 0.4) is 0 Å². The maximum absolute atomic E-state index is 6.70. The Morgan fingerprint density at radius 1 is 1.00 bits per heavy atom. The molecule has 0 bridgehead atoms.